The molecular weight excluding hydrogens is 319 g/mol. The number of fused-ring (bicyclic) bond motifs is 1. The second-order valence-electron chi connectivity index (χ2n) is 3.21. The number of ether oxygens (including phenoxy) is 1. The van der Waals surface area contributed by atoms with Gasteiger partial charge in [-0.3, -0.25) is 4.40 Å². The summed E-state index contributed by atoms with van der Waals surface area (Å²) in [5, 5.41) is 0. The zero-order valence-electron chi connectivity index (χ0n) is 8.81. The van der Waals surface area contributed by atoms with Gasteiger partial charge in [-0.25, -0.2) is 9.78 Å². The molecule has 0 aliphatic rings. The molecule has 4 nitrogen and oxygen atoms in total. The summed E-state index contributed by atoms with van der Waals surface area (Å²) in [6.07, 6.45) is 1.78. The molecule has 0 aromatic carbocycles. The number of hydrogen-bond acceptors (Lipinski definition) is 3. The fourth-order valence-electron chi connectivity index (χ4n) is 1.56. The van der Waals surface area contributed by atoms with Gasteiger partial charge in [0.05, 0.1) is 12.3 Å². The second kappa shape index (κ2) is 4.82. The summed E-state index contributed by atoms with van der Waals surface area (Å²) in [5.74, 6) is -0.308. The van der Waals surface area contributed by atoms with Crippen LogP contribution in [-0.4, -0.2) is 22.0 Å². The van der Waals surface area contributed by atoms with Crippen molar-refractivity contribution in [2.24, 2.45) is 0 Å². The predicted molar refractivity (Wildman–Crippen MR) is 68.9 cm³/mol. The van der Waals surface area contributed by atoms with Crippen LogP contribution in [0.3, 0.4) is 0 Å². The van der Waals surface area contributed by atoms with Crippen molar-refractivity contribution >= 4 is 34.2 Å². The molecule has 0 saturated carbocycles. The minimum absolute atomic E-state index is 0.308. The molecular formula is C11H11IN2O2. The molecule has 0 N–H and O–H groups in total. The largest absolute Gasteiger partial charge is 0.461 e. The number of carbonyl (C=O) groups excluding carboxylic acids is 1. The Morgan fingerprint density at radius 2 is 2.38 bits per heavy atom. The van der Waals surface area contributed by atoms with Crippen LogP contribution in [0.2, 0.25) is 0 Å². The van der Waals surface area contributed by atoms with Crippen LogP contribution in [0.4, 0.5) is 0 Å². The minimum atomic E-state index is -0.308. The third-order valence-electron chi connectivity index (χ3n) is 2.22. The van der Waals surface area contributed by atoms with Crippen molar-refractivity contribution in [3.8, 4) is 0 Å². The number of esters is 1. The van der Waals surface area contributed by atoms with Crippen LogP contribution in [0, 0.1) is 0 Å². The molecule has 84 valence electrons. The molecule has 0 bridgehead atoms. The van der Waals surface area contributed by atoms with Crippen molar-refractivity contribution in [3.63, 3.8) is 0 Å². The Balaban J connectivity index is 2.59. The van der Waals surface area contributed by atoms with Crippen molar-refractivity contribution in [2.75, 3.05) is 6.61 Å². The van der Waals surface area contributed by atoms with E-state index in [1.165, 1.54) is 0 Å². The van der Waals surface area contributed by atoms with Gasteiger partial charge in [0, 0.05) is 10.6 Å². The van der Waals surface area contributed by atoms with Gasteiger partial charge in [-0.1, -0.05) is 28.7 Å². The summed E-state index contributed by atoms with van der Waals surface area (Å²) in [7, 11) is 0. The van der Waals surface area contributed by atoms with Gasteiger partial charge in [0.25, 0.3) is 0 Å². The lowest BCUT2D eigenvalue weighted by molar-refractivity contribution is 0.0517. The summed E-state index contributed by atoms with van der Waals surface area (Å²) in [4.78, 5) is 16.0. The maximum atomic E-state index is 11.8. The number of nitrogens with zero attached hydrogens (tertiary/aromatic N) is 2. The SMILES string of the molecule is CCOC(=O)c1cccc2ncc(CI)n12. The molecule has 0 aliphatic carbocycles. The highest BCUT2D eigenvalue weighted by Gasteiger charge is 2.13. The number of imidazole rings is 1. The molecule has 16 heavy (non-hydrogen) atoms. The Morgan fingerprint density at radius 3 is 3.06 bits per heavy atom. The van der Waals surface area contributed by atoms with E-state index < -0.39 is 0 Å². The van der Waals surface area contributed by atoms with Gasteiger partial charge in [0.2, 0.25) is 0 Å². The van der Waals surface area contributed by atoms with Gasteiger partial charge >= 0.3 is 5.97 Å². The van der Waals surface area contributed by atoms with Crippen LogP contribution in [0.1, 0.15) is 23.1 Å². The van der Waals surface area contributed by atoms with Crippen molar-refractivity contribution in [2.45, 2.75) is 11.4 Å². The summed E-state index contributed by atoms with van der Waals surface area (Å²) >= 11 is 2.25. The van der Waals surface area contributed by atoms with Crippen molar-refractivity contribution in [1.29, 1.82) is 0 Å². The predicted octanol–water partition coefficient (Wildman–Crippen LogP) is 2.45. The zero-order valence-corrected chi connectivity index (χ0v) is 11.0. The van der Waals surface area contributed by atoms with Crippen LogP contribution in [-0.2, 0) is 9.16 Å². The molecule has 2 aromatic rings. The highest BCUT2D eigenvalue weighted by atomic mass is 127. The lowest BCUT2D eigenvalue weighted by Crippen LogP contribution is -2.11. The Hall–Kier alpha value is -1.11. The van der Waals surface area contributed by atoms with Crippen molar-refractivity contribution in [3.05, 3.63) is 35.8 Å². The third-order valence-corrected chi connectivity index (χ3v) is 3.01. The number of alkyl halides is 1. The number of carbonyl (C=O) groups is 1. The van der Waals surface area contributed by atoms with Gasteiger partial charge in [-0.2, -0.15) is 0 Å². The van der Waals surface area contributed by atoms with E-state index in [1.54, 1.807) is 19.2 Å². The zero-order chi connectivity index (χ0) is 11.5. The molecule has 0 aliphatic heterocycles. The minimum Gasteiger partial charge on any atom is -0.461 e. The number of hydrogen-bond donors (Lipinski definition) is 0. The summed E-state index contributed by atoms with van der Waals surface area (Å²) in [6.45, 7) is 2.18. The number of pyridine rings is 1. The first-order valence-electron chi connectivity index (χ1n) is 4.96. The third kappa shape index (κ3) is 1.91. The van der Waals surface area contributed by atoms with E-state index in [2.05, 4.69) is 27.6 Å². The first-order chi connectivity index (χ1) is 7.77. The highest BCUT2D eigenvalue weighted by molar-refractivity contribution is 14.1. The van der Waals surface area contributed by atoms with Crippen LogP contribution < -0.4 is 0 Å². The molecule has 0 unspecified atom stereocenters. The maximum Gasteiger partial charge on any atom is 0.355 e. The van der Waals surface area contributed by atoms with E-state index in [4.69, 9.17) is 4.74 Å². The quantitative estimate of drug-likeness (QED) is 0.493. The maximum absolute atomic E-state index is 11.8. The van der Waals surface area contributed by atoms with E-state index in [0.29, 0.717) is 12.3 Å². The average Bonchev–Trinajstić information content (AvgIpc) is 2.72. The van der Waals surface area contributed by atoms with Gasteiger partial charge < -0.3 is 4.74 Å². The summed E-state index contributed by atoms with van der Waals surface area (Å²) < 4.78 is 7.65. The summed E-state index contributed by atoms with van der Waals surface area (Å²) in [6, 6.07) is 5.44. The lowest BCUT2D eigenvalue weighted by atomic mass is 10.3. The molecule has 0 amide bonds. The van der Waals surface area contributed by atoms with Crippen molar-refractivity contribution in [1.82, 2.24) is 9.38 Å². The first kappa shape index (κ1) is 11.4. The number of rotatable bonds is 3. The Kier molecular flexibility index (Phi) is 3.42. The molecule has 5 heteroatoms. The molecule has 2 heterocycles. The molecule has 2 aromatic heterocycles. The Bertz CT molecular complexity index is 522. The molecule has 0 radical (unpaired) electrons. The standard InChI is InChI=1S/C11H11IN2O2/c1-2-16-11(15)9-4-3-5-10-13-7-8(6-12)14(9)10/h3-5,7H,2,6H2,1H3. The molecule has 0 fully saturated rings. The Labute approximate surface area is 107 Å². The van der Waals surface area contributed by atoms with Crippen LogP contribution in [0.25, 0.3) is 5.65 Å². The number of halogens is 1. The lowest BCUT2D eigenvalue weighted by Gasteiger charge is -2.06. The smallest absolute Gasteiger partial charge is 0.355 e. The normalized spacial score (nSPS) is 10.6. The van der Waals surface area contributed by atoms with Gasteiger partial charge in [-0.05, 0) is 19.1 Å². The van der Waals surface area contributed by atoms with Gasteiger partial charge in [0.15, 0.2) is 0 Å². The second-order valence-corrected chi connectivity index (χ2v) is 3.97. The number of aromatic nitrogens is 2. The average molecular weight is 330 g/mol. The van der Waals surface area contributed by atoms with Crippen LogP contribution in [0.5, 0.6) is 0 Å². The van der Waals surface area contributed by atoms with Gasteiger partial charge in [0.1, 0.15) is 11.3 Å². The summed E-state index contributed by atoms with van der Waals surface area (Å²) in [5.41, 5.74) is 2.31. The van der Waals surface area contributed by atoms with Crippen LogP contribution in [0.15, 0.2) is 24.4 Å². The van der Waals surface area contributed by atoms with E-state index in [0.717, 1.165) is 15.8 Å². The fraction of sp³-hybridized carbons (Fsp3) is 0.273. The Morgan fingerprint density at radius 1 is 1.56 bits per heavy atom. The topological polar surface area (TPSA) is 43.6 Å². The molecule has 2 rings (SSSR count). The van der Waals surface area contributed by atoms with E-state index >= 15 is 0 Å². The van der Waals surface area contributed by atoms with E-state index in [-0.39, 0.29) is 5.97 Å². The fourth-order valence-corrected chi connectivity index (χ4v) is 2.10. The van der Waals surface area contributed by atoms with Gasteiger partial charge in [-0.15, -0.1) is 0 Å². The van der Waals surface area contributed by atoms with E-state index in [9.17, 15) is 4.79 Å². The molecule has 0 saturated heterocycles. The molecule has 0 spiro atoms. The van der Waals surface area contributed by atoms with Crippen LogP contribution >= 0.6 is 22.6 Å². The van der Waals surface area contributed by atoms with E-state index in [1.807, 2.05) is 16.5 Å². The first-order valence-corrected chi connectivity index (χ1v) is 6.49. The monoisotopic (exact) mass is 330 g/mol. The van der Waals surface area contributed by atoms with Crippen molar-refractivity contribution < 1.29 is 9.53 Å². The highest BCUT2D eigenvalue weighted by Crippen LogP contribution is 2.14. The molecule has 0 atom stereocenters.